The summed E-state index contributed by atoms with van der Waals surface area (Å²) in [7, 11) is 0. The normalized spacial score (nSPS) is 19.0. The molecule has 1 aliphatic carbocycles. The third kappa shape index (κ3) is 4.18. The lowest BCUT2D eigenvalue weighted by Gasteiger charge is -2.34. The zero-order valence-corrected chi connectivity index (χ0v) is 17.4. The number of carbonyl (C=O) groups is 1. The average Bonchev–Trinajstić information content (AvgIpc) is 3.34. The van der Waals surface area contributed by atoms with E-state index in [-0.39, 0.29) is 5.91 Å². The molecular weight excluding hydrogens is 348 g/mol. The molecule has 2 heterocycles. The number of fused-ring (bicyclic) bond motifs is 1. The van der Waals surface area contributed by atoms with Crippen LogP contribution in [0.2, 0.25) is 0 Å². The second-order valence-corrected chi connectivity index (χ2v) is 8.88. The molecule has 5 nitrogen and oxygen atoms in total. The van der Waals surface area contributed by atoms with Gasteiger partial charge in [-0.15, -0.1) is 0 Å². The SMILES string of the molecule is CC(C)n1c(N2CCC(NC(=O)CCC3CCCC3)CC2)nc2ccccc21. The van der Waals surface area contributed by atoms with Gasteiger partial charge in [-0.1, -0.05) is 37.8 Å². The Balaban J connectivity index is 1.33. The summed E-state index contributed by atoms with van der Waals surface area (Å²) in [5.74, 6) is 2.11. The summed E-state index contributed by atoms with van der Waals surface area (Å²) in [6.07, 6.45) is 9.12. The summed E-state index contributed by atoms with van der Waals surface area (Å²) in [6, 6.07) is 9.06. The minimum atomic E-state index is 0.250. The summed E-state index contributed by atoms with van der Waals surface area (Å²) in [4.78, 5) is 19.6. The molecule has 1 aromatic carbocycles. The Morgan fingerprint density at radius 1 is 1.14 bits per heavy atom. The van der Waals surface area contributed by atoms with Gasteiger partial charge in [0.1, 0.15) is 0 Å². The van der Waals surface area contributed by atoms with Crippen LogP contribution in [0.1, 0.15) is 71.3 Å². The molecule has 0 spiro atoms. The molecule has 5 heteroatoms. The number of benzene rings is 1. The van der Waals surface area contributed by atoms with Crippen molar-refractivity contribution in [1.82, 2.24) is 14.9 Å². The topological polar surface area (TPSA) is 50.2 Å². The molecule has 1 saturated heterocycles. The first-order chi connectivity index (χ1) is 13.6. The van der Waals surface area contributed by atoms with Crippen LogP contribution in [0, 0.1) is 5.92 Å². The van der Waals surface area contributed by atoms with E-state index in [1.807, 2.05) is 0 Å². The third-order valence-electron chi connectivity index (χ3n) is 6.49. The molecule has 152 valence electrons. The molecule has 1 aliphatic heterocycles. The van der Waals surface area contributed by atoms with Crippen LogP contribution in [0.25, 0.3) is 11.0 Å². The number of imidazole rings is 1. The van der Waals surface area contributed by atoms with E-state index in [0.29, 0.717) is 18.5 Å². The number of hydrogen-bond acceptors (Lipinski definition) is 3. The van der Waals surface area contributed by atoms with E-state index in [1.54, 1.807) is 0 Å². The van der Waals surface area contributed by atoms with Crippen molar-refractivity contribution in [2.45, 2.75) is 77.3 Å². The smallest absolute Gasteiger partial charge is 0.220 e. The summed E-state index contributed by atoms with van der Waals surface area (Å²) >= 11 is 0. The van der Waals surface area contributed by atoms with Crippen molar-refractivity contribution in [3.8, 4) is 0 Å². The Kier molecular flexibility index (Phi) is 5.88. The van der Waals surface area contributed by atoms with E-state index in [2.05, 4.69) is 52.9 Å². The fourth-order valence-corrected chi connectivity index (χ4v) is 4.92. The van der Waals surface area contributed by atoms with Gasteiger partial charge in [-0.2, -0.15) is 0 Å². The lowest BCUT2D eigenvalue weighted by molar-refractivity contribution is -0.122. The van der Waals surface area contributed by atoms with Crippen LogP contribution in [0.4, 0.5) is 5.95 Å². The zero-order chi connectivity index (χ0) is 19.5. The molecule has 0 bridgehead atoms. The Morgan fingerprint density at radius 3 is 2.57 bits per heavy atom. The number of para-hydroxylation sites is 2. The highest BCUT2D eigenvalue weighted by Gasteiger charge is 2.25. The Hall–Kier alpha value is -2.04. The molecular formula is C23H34N4O. The van der Waals surface area contributed by atoms with Crippen LogP contribution in [-0.2, 0) is 4.79 Å². The van der Waals surface area contributed by atoms with Crippen LogP contribution in [0.15, 0.2) is 24.3 Å². The zero-order valence-electron chi connectivity index (χ0n) is 17.4. The number of hydrogen-bond donors (Lipinski definition) is 1. The second kappa shape index (κ2) is 8.54. The molecule has 0 atom stereocenters. The fourth-order valence-electron chi connectivity index (χ4n) is 4.92. The summed E-state index contributed by atoms with van der Waals surface area (Å²) in [5.41, 5.74) is 2.27. The van der Waals surface area contributed by atoms with Crippen LogP contribution >= 0.6 is 0 Å². The maximum absolute atomic E-state index is 12.3. The largest absolute Gasteiger partial charge is 0.353 e. The molecule has 2 fully saturated rings. The summed E-state index contributed by atoms with van der Waals surface area (Å²) in [5, 5.41) is 3.29. The number of nitrogens with one attached hydrogen (secondary N) is 1. The quantitative estimate of drug-likeness (QED) is 0.790. The van der Waals surface area contributed by atoms with Gasteiger partial charge in [0.15, 0.2) is 0 Å². The highest BCUT2D eigenvalue weighted by Crippen LogP contribution is 2.30. The van der Waals surface area contributed by atoms with E-state index in [1.165, 1.54) is 31.2 Å². The van der Waals surface area contributed by atoms with Gasteiger partial charge in [-0.3, -0.25) is 4.79 Å². The van der Waals surface area contributed by atoms with E-state index >= 15 is 0 Å². The van der Waals surface area contributed by atoms with Gasteiger partial charge in [-0.25, -0.2) is 4.98 Å². The molecule has 1 amide bonds. The molecule has 0 radical (unpaired) electrons. The average molecular weight is 383 g/mol. The molecule has 4 rings (SSSR count). The number of amides is 1. The lowest BCUT2D eigenvalue weighted by Crippen LogP contribution is -2.45. The third-order valence-corrected chi connectivity index (χ3v) is 6.49. The second-order valence-electron chi connectivity index (χ2n) is 8.88. The minimum Gasteiger partial charge on any atom is -0.353 e. The number of aromatic nitrogens is 2. The predicted molar refractivity (Wildman–Crippen MR) is 115 cm³/mol. The van der Waals surface area contributed by atoms with Gasteiger partial charge in [0.25, 0.3) is 0 Å². The van der Waals surface area contributed by atoms with Gasteiger partial charge < -0.3 is 14.8 Å². The van der Waals surface area contributed by atoms with E-state index in [9.17, 15) is 4.79 Å². The van der Waals surface area contributed by atoms with Crippen molar-refractivity contribution in [3.63, 3.8) is 0 Å². The maximum atomic E-state index is 12.3. The van der Waals surface area contributed by atoms with Gasteiger partial charge in [0, 0.05) is 31.6 Å². The van der Waals surface area contributed by atoms with Crippen molar-refractivity contribution in [3.05, 3.63) is 24.3 Å². The highest BCUT2D eigenvalue weighted by atomic mass is 16.1. The van der Waals surface area contributed by atoms with Crippen LogP contribution < -0.4 is 10.2 Å². The van der Waals surface area contributed by atoms with Crippen molar-refractivity contribution in [2.75, 3.05) is 18.0 Å². The number of piperidine rings is 1. The number of nitrogens with zero attached hydrogens (tertiary/aromatic N) is 3. The fraction of sp³-hybridized carbons (Fsp3) is 0.652. The first-order valence-electron chi connectivity index (χ1n) is 11.1. The van der Waals surface area contributed by atoms with E-state index in [0.717, 1.165) is 49.7 Å². The van der Waals surface area contributed by atoms with E-state index in [4.69, 9.17) is 4.98 Å². The number of rotatable bonds is 6. The highest BCUT2D eigenvalue weighted by molar-refractivity contribution is 5.79. The van der Waals surface area contributed by atoms with Gasteiger partial charge in [0.2, 0.25) is 11.9 Å². The van der Waals surface area contributed by atoms with Gasteiger partial charge in [-0.05, 0) is 51.2 Å². The molecule has 1 saturated carbocycles. The summed E-state index contributed by atoms with van der Waals surface area (Å²) < 4.78 is 2.34. The maximum Gasteiger partial charge on any atom is 0.220 e. The Labute approximate surface area is 168 Å². The first kappa shape index (κ1) is 19.3. The molecule has 1 aromatic heterocycles. The number of anilines is 1. The Bertz CT molecular complexity index is 798. The number of carbonyl (C=O) groups excluding carboxylic acids is 1. The van der Waals surface area contributed by atoms with Crippen LogP contribution in [0.5, 0.6) is 0 Å². The van der Waals surface area contributed by atoms with Crippen LogP contribution in [-0.4, -0.2) is 34.6 Å². The summed E-state index contributed by atoms with van der Waals surface area (Å²) in [6.45, 7) is 6.33. The molecule has 28 heavy (non-hydrogen) atoms. The van der Waals surface area contributed by atoms with E-state index < -0.39 is 0 Å². The first-order valence-corrected chi connectivity index (χ1v) is 11.1. The molecule has 2 aromatic rings. The lowest BCUT2D eigenvalue weighted by atomic mass is 10.0. The minimum absolute atomic E-state index is 0.250. The standard InChI is InChI=1S/C23H34N4O/c1-17(2)27-21-10-6-5-9-20(21)25-23(27)26-15-13-19(14-16-26)24-22(28)12-11-18-7-3-4-8-18/h5-6,9-10,17-19H,3-4,7-8,11-16H2,1-2H3,(H,24,28). The molecule has 1 N–H and O–H groups in total. The van der Waals surface area contributed by atoms with Crippen molar-refractivity contribution in [2.24, 2.45) is 5.92 Å². The molecule has 0 unspecified atom stereocenters. The predicted octanol–water partition coefficient (Wildman–Crippen LogP) is 4.67. The van der Waals surface area contributed by atoms with Crippen molar-refractivity contribution in [1.29, 1.82) is 0 Å². The van der Waals surface area contributed by atoms with Crippen LogP contribution in [0.3, 0.4) is 0 Å². The van der Waals surface area contributed by atoms with Crippen molar-refractivity contribution >= 4 is 22.9 Å². The van der Waals surface area contributed by atoms with Crippen molar-refractivity contribution < 1.29 is 4.79 Å². The Morgan fingerprint density at radius 2 is 1.86 bits per heavy atom. The van der Waals surface area contributed by atoms with Gasteiger partial charge in [0.05, 0.1) is 11.0 Å². The molecule has 2 aliphatic rings. The monoisotopic (exact) mass is 382 g/mol. The van der Waals surface area contributed by atoms with Gasteiger partial charge >= 0.3 is 0 Å².